The first-order valence-corrected chi connectivity index (χ1v) is 5.33. The molecule has 3 N–H and O–H groups in total. The number of aromatic hydroxyl groups is 1. The SMILES string of the molecule is CNC(=O)CNC(C)Cc1ccc(O)cc1. The maximum absolute atomic E-state index is 11.0. The van der Waals surface area contributed by atoms with Crippen molar-refractivity contribution < 1.29 is 9.90 Å². The van der Waals surface area contributed by atoms with Gasteiger partial charge in [-0.25, -0.2) is 0 Å². The van der Waals surface area contributed by atoms with E-state index in [1.54, 1.807) is 19.2 Å². The Morgan fingerprint density at radius 2 is 2.00 bits per heavy atom. The Morgan fingerprint density at radius 1 is 1.38 bits per heavy atom. The minimum atomic E-state index is -0.0162. The number of phenols is 1. The molecule has 0 spiro atoms. The van der Waals surface area contributed by atoms with E-state index < -0.39 is 0 Å². The fourth-order valence-electron chi connectivity index (χ4n) is 1.41. The van der Waals surface area contributed by atoms with Crippen LogP contribution >= 0.6 is 0 Å². The number of hydrogen-bond acceptors (Lipinski definition) is 3. The Kier molecular flexibility index (Phi) is 4.79. The topological polar surface area (TPSA) is 61.4 Å². The van der Waals surface area contributed by atoms with Crippen molar-refractivity contribution in [2.75, 3.05) is 13.6 Å². The van der Waals surface area contributed by atoms with Gasteiger partial charge in [-0.1, -0.05) is 12.1 Å². The van der Waals surface area contributed by atoms with Gasteiger partial charge in [0.15, 0.2) is 0 Å². The lowest BCUT2D eigenvalue weighted by molar-refractivity contribution is -0.119. The van der Waals surface area contributed by atoms with Crippen molar-refractivity contribution in [2.24, 2.45) is 0 Å². The molecular formula is C12H18N2O2. The van der Waals surface area contributed by atoms with Crippen molar-refractivity contribution in [3.05, 3.63) is 29.8 Å². The zero-order valence-corrected chi connectivity index (χ0v) is 9.66. The van der Waals surface area contributed by atoms with Crippen LogP contribution in [0, 0.1) is 0 Å². The monoisotopic (exact) mass is 222 g/mol. The van der Waals surface area contributed by atoms with Crippen LogP contribution < -0.4 is 10.6 Å². The molecule has 1 aromatic rings. The van der Waals surface area contributed by atoms with E-state index in [0.717, 1.165) is 12.0 Å². The molecule has 16 heavy (non-hydrogen) atoms. The van der Waals surface area contributed by atoms with E-state index in [1.165, 1.54) is 0 Å². The Bertz CT molecular complexity index is 335. The van der Waals surface area contributed by atoms with Gasteiger partial charge in [-0.05, 0) is 31.0 Å². The first-order chi connectivity index (χ1) is 7.61. The van der Waals surface area contributed by atoms with Crippen molar-refractivity contribution in [1.29, 1.82) is 0 Å². The van der Waals surface area contributed by atoms with Gasteiger partial charge in [0.1, 0.15) is 5.75 Å². The number of nitrogens with one attached hydrogen (secondary N) is 2. The molecule has 0 bridgehead atoms. The summed E-state index contributed by atoms with van der Waals surface area (Å²) in [5, 5.41) is 14.8. The summed E-state index contributed by atoms with van der Waals surface area (Å²) in [6, 6.07) is 7.32. The smallest absolute Gasteiger partial charge is 0.233 e. The highest BCUT2D eigenvalue weighted by Gasteiger charge is 2.05. The van der Waals surface area contributed by atoms with Gasteiger partial charge in [-0.3, -0.25) is 4.79 Å². The van der Waals surface area contributed by atoms with Gasteiger partial charge < -0.3 is 15.7 Å². The molecule has 88 valence electrons. The number of rotatable bonds is 5. The van der Waals surface area contributed by atoms with Crippen molar-refractivity contribution >= 4 is 5.91 Å². The highest BCUT2D eigenvalue weighted by molar-refractivity contribution is 5.77. The summed E-state index contributed by atoms with van der Waals surface area (Å²) in [6.07, 6.45) is 0.831. The quantitative estimate of drug-likeness (QED) is 0.686. The summed E-state index contributed by atoms with van der Waals surface area (Å²) in [4.78, 5) is 11.0. The van der Waals surface area contributed by atoms with E-state index in [-0.39, 0.29) is 17.7 Å². The molecule has 1 unspecified atom stereocenters. The second kappa shape index (κ2) is 6.12. The van der Waals surface area contributed by atoms with Gasteiger partial charge in [-0.2, -0.15) is 0 Å². The Labute approximate surface area is 95.7 Å². The van der Waals surface area contributed by atoms with E-state index >= 15 is 0 Å². The Morgan fingerprint density at radius 3 is 2.56 bits per heavy atom. The zero-order valence-electron chi connectivity index (χ0n) is 9.66. The average Bonchev–Trinajstić information content (AvgIpc) is 2.29. The lowest BCUT2D eigenvalue weighted by atomic mass is 10.1. The predicted octanol–water partition coefficient (Wildman–Crippen LogP) is 0.659. The van der Waals surface area contributed by atoms with Gasteiger partial charge in [0.2, 0.25) is 5.91 Å². The number of likely N-dealkylation sites (N-methyl/N-ethyl adjacent to an activating group) is 1. The molecule has 0 radical (unpaired) electrons. The van der Waals surface area contributed by atoms with E-state index in [1.807, 2.05) is 19.1 Å². The average molecular weight is 222 g/mol. The summed E-state index contributed by atoms with van der Waals surface area (Å²) in [6.45, 7) is 2.35. The fraction of sp³-hybridized carbons (Fsp3) is 0.417. The molecule has 1 amide bonds. The molecular weight excluding hydrogens is 204 g/mol. The number of amides is 1. The number of hydrogen-bond donors (Lipinski definition) is 3. The van der Waals surface area contributed by atoms with Crippen LogP contribution in [0.25, 0.3) is 0 Å². The van der Waals surface area contributed by atoms with Gasteiger partial charge in [-0.15, -0.1) is 0 Å². The molecule has 1 rings (SSSR count). The van der Waals surface area contributed by atoms with Gasteiger partial charge in [0.05, 0.1) is 6.54 Å². The first kappa shape index (κ1) is 12.5. The van der Waals surface area contributed by atoms with Crippen molar-refractivity contribution in [1.82, 2.24) is 10.6 Å². The van der Waals surface area contributed by atoms with Gasteiger partial charge in [0.25, 0.3) is 0 Å². The van der Waals surface area contributed by atoms with E-state index in [0.29, 0.717) is 6.54 Å². The van der Waals surface area contributed by atoms with Crippen LogP contribution in [0.5, 0.6) is 5.75 Å². The van der Waals surface area contributed by atoms with Crippen molar-refractivity contribution in [2.45, 2.75) is 19.4 Å². The summed E-state index contributed by atoms with van der Waals surface area (Å²) in [5.41, 5.74) is 1.13. The van der Waals surface area contributed by atoms with Crippen LogP contribution in [0.4, 0.5) is 0 Å². The van der Waals surface area contributed by atoms with Crippen LogP contribution in [0.15, 0.2) is 24.3 Å². The summed E-state index contributed by atoms with van der Waals surface area (Å²) >= 11 is 0. The second-order valence-electron chi connectivity index (χ2n) is 3.83. The molecule has 4 nitrogen and oxygen atoms in total. The fourth-order valence-corrected chi connectivity index (χ4v) is 1.41. The third kappa shape index (κ3) is 4.31. The van der Waals surface area contributed by atoms with E-state index in [9.17, 15) is 4.79 Å². The molecule has 1 atom stereocenters. The van der Waals surface area contributed by atoms with E-state index in [4.69, 9.17) is 5.11 Å². The Balaban J connectivity index is 2.36. The molecule has 0 fully saturated rings. The number of phenolic OH excluding ortho intramolecular Hbond substituents is 1. The minimum Gasteiger partial charge on any atom is -0.508 e. The first-order valence-electron chi connectivity index (χ1n) is 5.33. The number of carbonyl (C=O) groups is 1. The van der Waals surface area contributed by atoms with Gasteiger partial charge in [0, 0.05) is 13.1 Å². The second-order valence-corrected chi connectivity index (χ2v) is 3.83. The lowest BCUT2D eigenvalue weighted by Crippen LogP contribution is -2.37. The van der Waals surface area contributed by atoms with Crippen molar-refractivity contribution in [3.8, 4) is 5.75 Å². The molecule has 0 aliphatic carbocycles. The molecule has 0 aliphatic rings. The predicted molar refractivity (Wildman–Crippen MR) is 63.3 cm³/mol. The van der Waals surface area contributed by atoms with Crippen LogP contribution in [-0.4, -0.2) is 30.6 Å². The largest absolute Gasteiger partial charge is 0.508 e. The Hall–Kier alpha value is -1.55. The molecule has 1 aromatic carbocycles. The standard InChI is InChI=1S/C12H18N2O2/c1-9(14-8-12(16)13-2)7-10-3-5-11(15)6-4-10/h3-6,9,14-15H,7-8H2,1-2H3,(H,13,16). The van der Waals surface area contributed by atoms with Gasteiger partial charge >= 0.3 is 0 Å². The maximum atomic E-state index is 11.0. The molecule has 0 aromatic heterocycles. The number of carbonyl (C=O) groups excluding carboxylic acids is 1. The van der Waals surface area contributed by atoms with Crippen LogP contribution in [0.3, 0.4) is 0 Å². The normalized spacial score (nSPS) is 12.1. The minimum absolute atomic E-state index is 0.0162. The third-order valence-electron chi connectivity index (χ3n) is 2.37. The summed E-state index contributed by atoms with van der Waals surface area (Å²) < 4.78 is 0. The highest BCUT2D eigenvalue weighted by atomic mass is 16.3. The van der Waals surface area contributed by atoms with Crippen LogP contribution in [-0.2, 0) is 11.2 Å². The molecule has 4 heteroatoms. The highest BCUT2D eigenvalue weighted by Crippen LogP contribution is 2.10. The number of benzene rings is 1. The molecule has 0 saturated heterocycles. The molecule has 0 saturated carbocycles. The lowest BCUT2D eigenvalue weighted by Gasteiger charge is -2.13. The molecule has 0 heterocycles. The van der Waals surface area contributed by atoms with Crippen LogP contribution in [0.1, 0.15) is 12.5 Å². The summed E-state index contributed by atoms with van der Waals surface area (Å²) in [7, 11) is 1.62. The molecule has 0 aliphatic heterocycles. The zero-order chi connectivity index (χ0) is 12.0. The third-order valence-corrected chi connectivity index (χ3v) is 2.37. The van der Waals surface area contributed by atoms with E-state index in [2.05, 4.69) is 10.6 Å². The van der Waals surface area contributed by atoms with Crippen LogP contribution in [0.2, 0.25) is 0 Å². The maximum Gasteiger partial charge on any atom is 0.233 e. The summed E-state index contributed by atoms with van der Waals surface area (Å²) in [5.74, 6) is 0.257. The van der Waals surface area contributed by atoms with Crippen molar-refractivity contribution in [3.63, 3.8) is 0 Å².